The summed E-state index contributed by atoms with van der Waals surface area (Å²) < 4.78 is 0. The Balaban J connectivity index is 2.53. The van der Waals surface area contributed by atoms with E-state index in [1.807, 2.05) is 24.3 Å². The molecule has 0 radical (unpaired) electrons. The summed E-state index contributed by atoms with van der Waals surface area (Å²) in [5.41, 5.74) is 7.10. The fraction of sp³-hybridized carbons (Fsp3) is 0.571. The van der Waals surface area contributed by atoms with Gasteiger partial charge in [-0.3, -0.25) is 0 Å². The predicted molar refractivity (Wildman–Crippen MR) is 73.4 cm³/mol. The van der Waals surface area contributed by atoms with Gasteiger partial charge in [-0.05, 0) is 36.5 Å². The minimum atomic E-state index is -0.430. The molecule has 0 aliphatic rings. The third-order valence-corrected chi connectivity index (χ3v) is 3.40. The molecule has 0 aliphatic heterocycles. The first-order valence-corrected chi connectivity index (χ1v) is 6.61. The Morgan fingerprint density at radius 3 is 2.41 bits per heavy atom. The maximum Gasteiger partial charge on any atom is 0.0696 e. The molecule has 1 rings (SSSR count). The van der Waals surface area contributed by atoms with Gasteiger partial charge in [0.25, 0.3) is 0 Å². The van der Waals surface area contributed by atoms with Crippen molar-refractivity contribution in [2.75, 3.05) is 0 Å². The van der Waals surface area contributed by atoms with Crippen LogP contribution in [-0.4, -0.2) is 17.3 Å². The van der Waals surface area contributed by atoms with Crippen molar-refractivity contribution in [1.82, 2.24) is 0 Å². The fourth-order valence-corrected chi connectivity index (χ4v) is 2.12. The van der Waals surface area contributed by atoms with Crippen molar-refractivity contribution in [3.05, 3.63) is 34.9 Å². The molecule has 0 saturated carbocycles. The van der Waals surface area contributed by atoms with E-state index in [9.17, 15) is 5.11 Å². The van der Waals surface area contributed by atoms with Crippen LogP contribution in [0.1, 0.15) is 44.6 Å². The number of benzene rings is 1. The number of aliphatic hydroxyl groups is 1. The number of halogens is 1. The number of hydrogen-bond donors (Lipinski definition) is 2. The van der Waals surface area contributed by atoms with Gasteiger partial charge in [-0.2, -0.15) is 0 Å². The van der Waals surface area contributed by atoms with Crippen molar-refractivity contribution < 1.29 is 5.11 Å². The summed E-state index contributed by atoms with van der Waals surface area (Å²) in [6, 6.07) is 7.66. The Morgan fingerprint density at radius 1 is 1.29 bits per heavy atom. The quantitative estimate of drug-likeness (QED) is 0.819. The molecule has 3 atom stereocenters. The van der Waals surface area contributed by atoms with Crippen LogP contribution in [0.2, 0.25) is 5.02 Å². The Labute approximate surface area is 109 Å². The van der Waals surface area contributed by atoms with E-state index in [2.05, 4.69) is 13.8 Å². The minimum Gasteiger partial charge on any atom is -0.391 e. The lowest BCUT2D eigenvalue weighted by Crippen LogP contribution is -2.35. The molecule has 2 nitrogen and oxygen atoms in total. The summed E-state index contributed by atoms with van der Waals surface area (Å²) in [4.78, 5) is 0. The van der Waals surface area contributed by atoms with Gasteiger partial charge in [-0.15, -0.1) is 0 Å². The summed E-state index contributed by atoms with van der Waals surface area (Å²) in [6.45, 7) is 4.18. The smallest absolute Gasteiger partial charge is 0.0696 e. The van der Waals surface area contributed by atoms with E-state index in [0.717, 1.165) is 17.9 Å². The van der Waals surface area contributed by atoms with Gasteiger partial charge in [0, 0.05) is 11.1 Å². The highest BCUT2D eigenvalue weighted by atomic mass is 35.5. The fourth-order valence-electron chi connectivity index (χ4n) is 1.99. The van der Waals surface area contributed by atoms with Gasteiger partial charge in [-0.1, -0.05) is 44.0 Å². The summed E-state index contributed by atoms with van der Waals surface area (Å²) >= 11 is 5.84. The van der Waals surface area contributed by atoms with E-state index in [-0.39, 0.29) is 6.04 Å². The zero-order valence-electron chi connectivity index (χ0n) is 10.6. The molecule has 0 aromatic heterocycles. The van der Waals surface area contributed by atoms with Crippen LogP contribution in [0.3, 0.4) is 0 Å². The number of hydrogen-bond acceptors (Lipinski definition) is 2. The molecule has 3 N–H and O–H groups in total. The third kappa shape index (κ3) is 4.66. The van der Waals surface area contributed by atoms with Crippen LogP contribution in [0.15, 0.2) is 24.3 Å². The van der Waals surface area contributed by atoms with E-state index in [1.165, 1.54) is 5.56 Å². The molecule has 17 heavy (non-hydrogen) atoms. The van der Waals surface area contributed by atoms with Crippen molar-refractivity contribution in [1.29, 1.82) is 0 Å². The van der Waals surface area contributed by atoms with E-state index in [0.29, 0.717) is 12.3 Å². The molecule has 0 fully saturated rings. The van der Waals surface area contributed by atoms with Gasteiger partial charge >= 0.3 is 0 Å². The maximum atomic E-state index is 9.98. The lowest BCUT2D eigenvalue weighted by Gasteiger charge is -2.22. The molecule has 1 aromatic rings. The Kier molecular flexibility index (Phi) is 5.96. The van der Waals surface area contributed by atoms with Gasteiger partial charge in [-0.25, -0.2) is 0 Å². The van der Waals surface area contributed by atoms with Gasteiger partial charge < -0.3 is 10.8 Å². The Morgan fingerprint density at radius 2 is 1.88 bits per heavy atom. The first-order chi connectivity index (χ1) is 8.04. The molecule has 0 bridgehead atoms. The zero-order valence-corrected chi connectivity index (χ0v) is 11.3. The summed E-state index contributed by atoms with van der Waals surface area (Å²) in [5.74, 6) is 0.296. The predicted octanol–water partition coefficient (Wildman–Crippen LogP) is 3.32. The highest BCUT2D eigenvalue weighted by Gasteiger charge is 2.17. The maximum absolute atomic E-state index is 9.98. The summed E-state index contributed by atoms with van der Waals surface area (Å²) in [7, 11) is 0. The first-order valence-electron chi connectivity index (χ1n) is 6.23. The van der Waals surface area contributed by atoms with Crippen molar-refractivity contribution in [2.45, 2.75) is 51.2 Å². The van der Waals surface area contributed by atoms with Gasteiger partial charge in [0.2, 0.25) is 0 Å². The van der Waals surface area contributed by atoms with Crippen LogP contribution in [0.4, 0.5) is 0 Å². The lowest BCUT2D eigenvalue weighted by atomic mass is 9.91. The summed E-state index contributed by atoms with van der Waals surface area (Å²) in [5, 5.41) is 10.7. The molecule has 1 aromatic carbocycles. The minimum absolute atomic E-state index is 0.116. The van der Waals surface area contributed by atoms with Crippen molar-refractivity contribution in [3.63, 3.8) is 0 Å². The topological polar surface area (TPSA) is 46.2 Å². The second kappa shape index (κ2) is 7.00. The molecule has 0 heterocycles. The van der Waals surface area contributed by atoms with E-state index in [4.69, 9.17) is 17.3 Å². The lowest BCUT2D eigenvalue weighted by molar-refractivity contribution is 0.124. The van der Waals surface area contributed by atoms with E-state index >= 15 is 0 Å². The average molecular weight is 256 g/mol. The van der Waals surface area contributed by atoms with Crippen LogP contribution in [0, 0.1) is 0 Å². The number of aliphatic hydroxyl groups excluding tert-OH is 1. The summed E-state index contributed by atoms with van der Waals surface area (Å²) in [6.07, 6.45) is 2.14. The molecular weight excluding hydrogens is 234 g/mol. The molecule has 0 amide bonds. The largest absolute Gasteiger partial charge is 0.391 e. The van der Waals surface area contributed by atoms with Gasteiger partial charge in [0.15, 0.2) is 0 Å². The normalized spacial score (nSPS) is 16.5. The van der Waals surface area contributed by atoms with Crippen LogP contribution >= 0.6 is 11.6 Å². The van der Waals surface area contributed by atoms with Crippen LogP contribution in [0.25, 0.3) is 0 Å². The molecule has 96 valence electrons. The molecule has 0 aliphatic carbocycles. The average Bonchev–Trinajstić information content (AvgIpc) is 2.30. The second-order valence-electron chi connectivity index (χ2n) is 4.71. The van der Waals surface area contributed by atoms with Crippen LogP contribution < -0.4 is 5.73 Å². The molecule has 0 saturated heterocycles. The SMILES string of the molecule is CCCC(N)C(O)CC(C)c1ccc(Cl)cc1. The van der Waals surface area contributed by atoms with Crippen LogP contribution in [0.5, 0.6) is 0 Å². The monoisotopic (exact) mass is 255 g/mol. The molecule has 0 spiro atoms. The second-order valence-corrected chi connectivity index (χ2v) is 5.14. The molecular formula is C14H22ClNO. The van der Waals surface area contributed by atoms with Crippen molar-refractivity contribution >= 4 is 11.6 Å². The van der Waals surface area contributed by atoms with Gasteiger partial charge in [0.1, 0.15) is 0 Å². The highest BCUT2D eigenvalue weighted by molar-refractivity contribution is 6.30. The number of rotatable bonds is 6. The van der Waals surface area contributed by atoms with Crippen molar-refractivity contribution in [2.24, 2.45) is 5.73 Å². The molecule has 3 unspecified atom stereocenters. The van der Waals surface area contributed by atoms with Gasteiger partial charge in [0.05, 0.1) is 6.10 Å². The highest BCUT2D eigenvalue weighted by Crippen LogP contribution is 2.23. The molecule has 3 heteroatoms. The zero-order chi connectivity index (χ0) is 12.8. The van der Waals surface area contributed by atoms with E-state index in [1.54, 1.807) is 0 Å². The Bertz CT molecular complexity index is 325. The first kappa shape index (κ1) is 14.5. The number of nitrogens with two attached hydrogens (primary N) is 1. The standard InChI is InChI=1S/C14H22ClNO/c1-3-4-13(16)14(17)9-10(2)11-5-7-12(15)8-6-11/h5-8,10,13-14,17H,3-4,9,16H2,1-2H3. The van der Waals surface area contributed by atoms with E-state index < -0.39 is 6.10 Å². The Hall–Kier alpha value is -0.570. The van der Waals surface area contributed by atoms with Crippen molar-refractivity contribution in [3.8, 4) is 0 Å². The third-order valence-electron chi connectivity index (χ3n) is 3.15. The van der Waals surface area contributed by atoms with Crippen LogP contribution in [-0.2, 0) is 0 Å².